The van der Waals surface area contributed by atoms with E-state index in [1.165, 1.54) is 12.1 Å². The van der Waals surface area contributed by atoms with Crippen LogP contribution < -0.4 is 5.32 Å². The summed E-state index contributed by atoms with van der Waals surface area (Å²) in [6, 6.07) is 4.43. The average molecular weight is 241 g/mol. The first-order valence-electron chi connectivity index (χ1n) is 6.16. The minimum absolute atomic E-state index is 0.0223. The van der Waals surface area contributed by atoms with Crippen molar-refractivity contribution in [3.05, 3.63) is 35.4 Å². The highest BCUT2D eigenvalue weighted by molar-refractivity contribution is 5.20. The molecule has 3 heteroatoms. The monoisotopic (exact) mass is 241 g/mol. The fraction of sp³-hybridized carbons (Fsp3) is 0.571. The van der Waals surface area contributed by atoms with Gasteiger partial charge in [-0.05, 0) is 37.5 Å². The zero-order chi connectivity index (χ0) is 13.0. The third-order valence-electron chi connectivity index (χ3n) is 3.45. The maximum atomic E-state index is 13.1. The summed E-state index contributed by atoms with van der Waals surface area (Å²) in [5.41, 5.74) is 0.777. The van der Waals surface area contributed by atoms with E-state index >= 15 is 0 Å². The molecule has 0 aromatic heterocycles. The second-order valence-electron chi connectivity index (χ2n) is 4.74. The van der Waals surface area contributed by atoms with Crippen LogP contribution in [0.15, 0.2) is 18.2 Å². The van der Waals surface area contributed by atoms with Gasteiger partial charge in [0.05, 0.1) is 0 Å². The predicted octanol–water partition coefficient (Wildman–Crippen LogP) is 4.05. The van der Waals surface area contributed by atoms with Crippen molar-refractivity contribution >= 4 is 0 Å². The van der Waals surface area contributed by atoms with Crippen molar-refractivity contribution in [3.63, 3.8) is 0 Å². The molecular formula is C14H21F2N. The van der Waals surface area contributed by atoms with Gasteiger partial charge >= 0.3 is 0 Å². The number of benzene rings is 1. The molecule has 0 amide bonds. The van der Waals surface area contributed by atoms with Crippen LogP contribution in [-0.2, 0) is 0 Å². The Morgan fingerprint density at radius 3 is 2.29 bits per heavy atom. The van der Waals surface area contributed by atoms with Crippen LogP contribution in [0.1, 0.15) is 45.7 Å². The van der Waals surface area contributed by atoms with Crippen molar-refractivity contribution in [2.24, 2.45) is 5.92 Å². The lowest BCUT2D eigenvalue weighted by molar-refractivity contribution is 0.359. The van der Waals surface area contributed by atoms with E-state index in [1.807, 2.05) is 6.92 Å². The van der Waals surface area contributed by atoms with Gasteiger partial charge in [-0.3, -0.25) is 0 Å². The second-order valence-corrected chi connectivity index (χ2v) is 4.74. The van der Waals surface area contributed by atoms with E-state index < -0.39 is 11.6 Å². The maximum absolute atomic E-state index is 13.1. The summed E-state index contributed by atoms with van der Waals surface area (Å²) in [5.74, 6) is -1.02. The summed E-state index contributed by atoms with van der Waals surface area (Å²) in [7, 11) is 0. The molecule has 0 radical (unpaired) electrons. The van der Waals surface area contributed by atoms with Gasteiger partial charge in [0, 0.05) is 12.1 Å². The molecule has 0 saturated carbocycles. The lowest BCUT2D eigenvalue weighted by Gasteiger charge is -2.24. The van der Waals surface area contributed by atoms with Crippen LogP contribution in [0.3, 0.4) is 0 Å². The zero-order valence-corrected chi connectivity index (χ0v) is 10.9. The standard InChI is InChI=1S/C14H21F2N/c1-5-9(2)10(3)17-11(4)12-6-7-13(15)14(16)8-12/h6-11,17H,5H2,1-4H3. The Morgan fingerprint density at radius 2 is 1.76 bits per heavy atom. The van der Waals surface area contributed by atoms with Gasteiger partial charge in [-0.1, -0.05) is 26.3 Å². The van der Waals surface area contributed by atoms with Gasteiger partial charge in [-0.2, -0.15) is 0 Å². The van der Waals surface area contributed by atoms with Gasteiger partial charge in [0.15, 0.2) is 11.6 Å². The molecular weight excluding hydrogens is 220 g/mol. The highest BCUT2D eigenvalue weighted by Crippen LogP contribution is 2.18. The Kier molecular flexibility index (Phi) is 5.06. The quantitative estimate of drug-likeness (QED) is 0.820. The van der Waals surface area contributed by atoms with Crippen molar-refractivity contribution in [2.75, 3.05) is 0 Å². The number of hydrogen-bond donors (Lipinski definition) is 1. The first-order valence-corrected chi connectivity index (χ1v) is 6.16. The lowest BCUT2D eigenvalue weighted by atomic mass is 9.99. The highest BCUT2D eigenvalue weighted by atomic mass is 19.2. The fourth-order valence-corrected chi connectivity index (χ4v) is 1.79. The van der Waals surface area contributed by atoms with Crippen molar-refractivity contribution in [2.45, 2.75) is 46.2 Å². The lowest BCUT2D eigenvalue weighted by Crippen LogP contribution is -2.34. The smallest absolute Gasteiger partial charge is 0.159 e. The molecule has 1 nitrogen and oxygen atoms in total. The van der Waals surface area contributed by atoms with E-state index in [1.54, 1.807) is 6.07 Å². The largest absolute Gasteiger partial charge is 0.307 e. The number of hydrogen-bond acceptors (Lipinski definition) is 1. The molecule has 1 aromatic rings. The summed E-state index contributed by atoms with van der Waals surface area (Å²) in [4.78, 5) is 0. The number of rotatable bonds is 5. The normalized spacial score (nSPS) is 16.6. The Bertz CT molecular complexity index is 365. The van der Waals surface area contributed by atoms with E-state index in [2.05, 4.69) is 26.1 Å². The predicted molar refractivity (Wildman–Crippen MR) is 66.8 cm³/mol. The number of halogens is 2. The zero-order valence-electron chi connectivity index (χ0n) is 10.9. The molecule has 1 aromatic carbocycles. The third-order valence-corrected chi connectivity index (χ3v) is 3.45. The minimum atomic E-state index is -0.795. The Balaban J connectivity index is 2.69. The molecule has 0 fully saturated rings. The second kappa shape index (κ2) is 6.10. The Hall–Kier alpha value is -0.960. The van der Waals surface area contributed by atoms with E-state index in [4.69, 9.17) is 0 Å². The van der Waals surface area contributed by atoms with Crippen molar-refractivity contribution < 1.29 is 8.78 Å². The molecule has 96 valence electrons. The Morgan fingerprint density at radius 1 is 1.12 bits per heavy atom. The summed E-state index contributed by atoms with van der Waals surface area (Å²) >= 11 is 0. The molecule has 0 aliphatic rings. The molecule has 0 spiro atoms. The number of nitrogens with one attached hydrogen (secondary N) is 1. The maximum Gasteiger partial charge on any atom is 0.159 e. The van der Waals surface area contributed by atoms with Gasteiger partial charge in [0.25, 0.3) is 0 Å². The van der Waals surface area contributed by atoms with Crippen LogP contribution in [0.25, 0.3) is 0 Å². The van der Waals surface area contributed by atoms with Gasteiger partial charge in [-0.15, -0.1) is 0 Å². The average Bonchev–Trinajstić information content (AvgIpc) is 2.31. The van der Waals surface area contributed by atoms with E-state index in [-0.39, 0.29) is 6.04 Å². The molecule has 0 saturated heterocycles. The molecule has 17 heavy (non-hydrogen) atoms. The minimum Gasteiger partial charge on any atom is -0.307 e. The first-order chi connectivity index (χ1) is 7.95. The first kappa shape index (κ1) is 14.1. The summed E-state index contributed by atoms with van der Waals surface area (Å²) in [5, 5.41) is 3.40. The molecule has 0 heterocycles. The van der Waals surface area contributed by atoms with Crippen LogP contribution in [0.5, 0.6) is 0 Å². The van der Waals surface area contributed by atoms with Crippen LogP contribution in [0.2, 0.25) is 0 Å². The molecule has 1 N–H and O–H groups in total. The molecule has 1 rings (SSSR count). The van der Waals surface area contributed by atoms with E-state index in [0.717, 1.165) is 12.0 Å². The van der Waals surface area contributed by atoms with Gasteiger partial charge in [0.2, 0.25) is 0 Å². The topological polar surface area (TPSA) is 12.0 Å². The van der Waals surface area contributed by atoms with Crippen LogP contribution in [0, 0.1) is 17.6 Å². The van der Waals surface area contributed by atoms with Crippen LogP contribution in [-0.4, -0.2) is 6.04 Å². The third kappa shape index (κ3) is 3.77. The van der Waals surface area contributed by atoms with Crippen LogP contribution in [0.4, 0.5) is 8.78 Å². The van der Waals surface area contributed by atoms with Crippen molar-refractivity contribution in [3.8, 4) is 0 Å². The summed E-state index contributed by atoms with van der Waals surface area (Å²) < 4.78 is 25.9. The summed E-state index contributed by atoms with van der Waals surface area (Å²) in [6.07, 6.45) is 1.10. The van der Waals surface area contributed by atoms with Crippen molar-refractivity contribution in [1.82, 2.24) is 5.32 Å². The molecule has 3 atom stereocenters. The summed E-state index contributed by atoms with van der Waals surface area (Å²) in [6.45, 7) is 8.40. The molecule has 3 unspecified atom stereocenters. The van der Waals surface area contributed by atoms with Crippen molar-refractivity contribution in [1.29, 1.82) is 0 Å². The fourth-order valence-electron chi connectivity index (χ4n) is 1.79. The van der Waals surface area contributed by atoms with Crippen LogP contribution >= 0.6 is 0 Å². The molecule has 0 aliphatic heterocycles. The van der Waals surface area contributed by atoms with Gasteiger partial charge in [-0.25, -0.2) is 8.78 Å². The Labute approximate surface area is 102 Å². The van der Waals surface area contributed by atoms with Gasteiger partial charge in [0.1, 0.15) is 0 Å². The SMILES string of the molecule is CCC(C)C(C)NC(C)c1ccc(F)c(F)c1. The van der Waals surface area contributed by atoms with E-state index in [0.29, 0.717) is 12.0 Å². The molecule has 0 bridgehead atoms. The van der Waals surface area contributed by atoms with E-state index in [9.17, 15) is 8.78 Å². The highest BCUT2D eigenvalue weighted by Gasteiger charge is 2.15. The molecule has 0 aliphatic carbocycles. The van der Waals surface area contributed by atoms with Gasteiger partial charge < -0.3 is 5.32 Å².